The third kappa shape index (κ3) is 3.67. The van der Waals surface area contributed by atoms with Gasteiger partial charge in [-0.15, -0.1) is 0 Å². The zero-order valence-corrected chi connectivity index (χ0v) is 9.70. The molecule has 0 saturated carbocycles. The summed E-state index contributed by atoms with van der Waals surface area (Å²) in [6, 6.07) is 0.0638. The maximum absolute atomic E-state index is 11.7. The fourth-order valence-electron chi connectivity index (χ4n) is 1.88. The minimum Gasteiger partial charge on any atom is -0.355 e. The van der Waals surface area contributed by atoms with Crippen molar-refractivity contribution in [3.63, 3.8) is 0 Å². The van der Waals surface area contributed by atoms with Crippen molar-refractivity contribution in [2.24, 2.45) is 17.6 Å². The van der Waals surface area contributed by atoms with E-state index >= 15 is 0 Å². The third-order valence-electron chi connectivity index (χ3n) is 3.17. The van der Waals surface area contributed by atoms with Crippen molar-refractivity contribution in [3.8, 4) is 0 Å². The summed E-state index contributed by atoms with van der Waals surface area (Å²) >= 11 is 0. The molecule has 0 aromatic heterocycles. The second kappa shape index (κ2) is 5.91. The lowest BCUT2D eigenvalue weighted by Crippen LogP contribution is -2.34. The summed E-state index contributed by atoms with van der Waals surface area (Å²) in [6.45, 7) is 5.11. The minimum absolute atomic E-state index is 0.00522. The molecule has 0 aromatic rings. The van der Waals surface area contributed by atoms with E-state index in [4.69, 9.17) is 5.73 Å². The quantitative estimate of drug-likeness (QED) is 0.675. The monoisotopic (exact) mass is 210 g/mol. The van der Waals surface area contributed by atoms with E-state index in [0.29, 0.717) is 5.92 Å². The predicted molar refractivity (Wildman–Crippen MR) is 62.3 cm³/mol. The van der Waals surface area contributed by atoms with Crippen LogP contribution >= 0.6 is 0 Å². The average Bonchev–Trinajstić information content (AvgIpc) is 2.66. The Morgan fingerprint density at radius 1 is 1.47 bits per heavy atom. The highest BCUT2D eigenvalue weighted by Gasteiger charge is 2.22. The molecule has 0 fully saturated rings. The van der Waals surface area contributed by atoms with Gasteiger partial charge in [0.25, 0.3) is 0 Å². The zero-order chi connectivity index (χ0) is 11.3. The second-order valence-electron chi connectivity index (χ2n) is 4.32. The van der Waals surface area contributed by atoms with Gasteiger partial charge in [-0.25, -0.2) is 0 Å². The Hall–Kier alpha value is -0.830. The maximum atomic E-state index is 11.7. The summed E-state index contributed by atoms with van der Waals surface area (Å²) in [7, 11) is 0. The SMILES string of the molecule is CCC(CC)CNC(=O)C1C=CC(N)C1. The number of amides is 1. The van der Waals surface area contributed by atoms with E-state index in [2.05, 4.69) is 19.2 Å². The summed E-state index contributed by atoms with van der Waals surface area (Å²) in [4.78, 5) is 11.7. The lowest BCUT2D eigenvalue weighted by atomic mass is 10.0. The molecule has 1 aliphatic rings. The van der Waals surface area contributed by atoms with Gasteiger partial charge in [0.2, 0.25) is 5.91 Å². The van der Waals surface area contributed by atoms with E-state index in [-0.39, 0.29) is 17.9 Å². The minimum atomic E-state index is -0.00522. The molecule has 3 N–H and O–H groups in total. The van der Waals surface area contributed by atoms with Crippen LogP contribution in [0.2, 0.25) is 0 Å². The molecule has 15 heavy (non-hydrogen) atoms. The van der Waals surface area contributed by atoms with Crippen molar-refractivity contribution < 1.29 is 4.79 Å². The molecule has 3 nitrogen and oxygen atoms in total. The van der Waals surface area contributed by atoms with E-state index in [1.54, 1.807) is 0 Å². The number of nitrogens with one attached hydrogen (secondary N) is 1. The highest BCUT2D eigenvalue weighted by atomic mass is 16.1. The van der Waals surface area contributed by atoms with Gasteiger partial charge in [0.05, 0.1) is 5.92 Å². The van der Waals surface area contributed by atoms with Gasteiger partial charge in [0, 0.05) is 12.6 Å². The van der Waals surface area contributed by atoms with Crippen LogP contribution in [0.3, 0.4) is 0 Å². The molecule has 1 amide bonds. The van der Waals surface area contributed by atoms with Crippen LogP contribution in [0.15, 0.2) is 12.2 Å². The molecule has 86 valence electrons. The fourth-order valence-corrected chi connectivity index (χ4v) is 1.88. The number of hydrogen-bond donors (Lipinski definition) is 2. The standard InChI is InChI=1S/C12H22N2O/c1-3-9(4-2)8-14-12(15)10-5-6-11(13)7-10/h5-6,9-11H,3-4,7-8,13H2,1-2H3,(H,14,15). The van der Waals surface area contributed by atoms with Crippen molar-refractivity contribution in [1.29, 1.82) is 0 Å². The van der Waals surface area contributed by atoms with Crippen LogP contribution in [0, 0.1) is 11.8 Å². The van der Waals surface area contributed by atoms with Crippen LogP contribution in [-0.2, 0) is 4.79 Å². The summed E-state index contributed by atoms with van der Waals surface area (Å²) in [6.07, 6.45) is 6.84. The predicted octanol–water partition coefficient (Wildman–Crippen LogP) is 1.44. The molecule has 1 rings (SSSR count). The van der Waals surface area contributed by atoms with Crippen LogP contribution in [0.25, 0.3) is 0 Å². The molecule has 1 aliphatic carbocycles. The van der Waals surface area contributed by atoms with Crippen molar-refractivity contribution in [2.75, 3.05) is 6.54 Å². The van der Waals surface area contributed by atoms with Gasteiger partial charge in [0.1, 0.15) is 0 Å². The molecule has 0 saturated heterocycles. The normalized spacial score (nSPS) is 24.8. The first-order chi connectivity index (χ1) is 7.17. The lowest BCUT2D eigenvalue weighted by Gasteiger charge is -2.15. The number of carbonyl (C=O) groups excluding carboxylic acids is 1. The largest absolute Gasteiger partial charge is 0.355 e. The Balaban J connectivity index is 2.27. The van der Waals surface area contributed by atoms with Crippen LogP contribution in [0.4, 0.5) is 0 Å². The first-order valence-electron chi connectivity index (χ1n) is 5.89. The van der Waals surface area contributed by atoms with Gasteiger partial charge < -0.3 is 11.1 Å². The van der Waals surface area contributed by atoms with Crippen molar-refractivity contribution in [1.82, 2.24) is 5.32 Å². The summed E-state index contributed by atoms with van der Waals surface area (Å²) in [5, 5.41) is 3.00. The topological polar surface area (TPSA) is 55.1 Å². The highest BCUT2D eigenvalue weighted by Crippen LogP contribution is 2.16. The van der Waals surface area contributed by atoms with Gasteiger partial charge in [0.15, 0.2) is 0 Å². The van der Waals surface area contributed by atoms with Gasteiger partial charge in [-0.3, -0.25) is 4.79 Å². The molecule has 0 spiro atoms. The second-order valence-corrected chi connectivity index (χ2v) is 4.32. The number of rotatable bonds is 5. The molecule has 0 heterocycles. The molecule has 0 aliphatic heterocycles. The first-order valence-corrected chi connectivity index (χ1v) is 5.89. The third-order valence-corrected chi connectivity index (χ3v) is 3.17. The first kappa shape index (κ1) is 12.2. The average molecular weight is 210 g/mol. The maximum Gasteiger partial charge on any atom is 0.227 e. The summed E-state index contributed by atoms with van der Waals surface area (Å²) in [5.74, 6) is 0.730. The molecule has 3 heteroatoms. The van der Waals surface area contributed by atoms with Gasteiger partial charge >= 0.3 is 0 Å². The Labute approximate surface area is 92.1 Å². The van der Waals surface area contributed by atoms with E-state index in [1.165, 1.54) is 0 Å². The van der Waals surface area contributed by atoms with Gasteiger partial charge in [-0.1, -0.05) is 38.8 Å². The van der Waals surface area contributed by atoms with Crippen LogP contribution in [-0.4, -0.2) is 18.5 Å². The van der Waals surface area contributed by atoms with Crippen molar-refractivity contribution in [3.05, 3.63) is 12.2 Å². The molecule has 0 radical (unpaired) electrons. The Bertz CT molecular complexity index is 234. The van der Waals surface area contributed by atoms with Crippen molar-refractivity contribution in [2.45, 2.75) is 39.2 Å². The van der Waals surface area contributed by atoms with E-state index in [9.17, 15) is 4.79 Å². The van der Waals surface area contributed by atoms with Crippen LogP contribution < -0.4 is 11.1 Å². The number of carbonyl (C=O) groups is 1. The lowest BCUT2D eigenvalue weighted by molar-refractivity contribution is -0.123. The number of nitrogens with two attached hydrogens (primary N) is 1. The molecule has 0 aromatic carbocycles. The Morgan fingerprint density at radius 2 is 2.13 bits per heavy atom. The van der Waals surface area contributed by atoms with E-state index < -0.39 is 0 Å². The number of hydrogen-bond acceptors (Lipinski definition) is 2. The summed E-state index contributed by atoms with van der Waals surface area (Å²) < 4.78 is 0. The Morgan fingerprint density at radius 3 is 2.60 bits per heavy atom. The molecule has 2 unspecified atom stereocenters. The summed E-state index contributed by atoms with van der Waals surface area (Å²) in [5.41, 5.74) is 5.70. The van der Waals surface area contributed by atoms with Crippen LogP contribution in [0.5, 0.6) is 0 Å². The molecule has 2 atom stereocenters. The van der Waals surface area contributed by atoms with E-state index in [0.717, 1.165) is 25.8 Å². The zero-order valence-electron chi connectivity index (χ0n) is 9.70. The molecule has 0 bridgehead atoms. The van der Waals surface area contributed by atoms with Gasteiger partial charge in [-0.05, 0) is 12.3 Å². The smallest absolute Gasteiger partial charge is 0.227 e. The highest BCUT2D eigenvalue weighted by molar-refractivity contribution is 5.81. The van der Waals surface area contributed by atoms with E-state index in [1.807, 2.05) is 12.2 Å². The van der Waals surface area contributed by atoms with Gasteiger partial charge in [-0.2, -0.15) is 0 Å². The molecular weight excluding hydrogens is 188 g/mol. The van der Waals surface area contributed by atoms with Crippen LogP contribution in [0.1, 0.15) is 33.1 Å². The fraction of sp³-hybridized carbons (Fsp3) is 0.750. The Kier molecular flexibility index (Phi) is 4.82. The van der Waals surface area contributed by atoms with Crippen molar-refractivity contribution >= 4 is 5.91 Å². The molecular formula is C12H22N2O.